The van der Waals surface area contributed by atoms with Crippen LogP contribution >= 0.6 is 0 Å². The number of allylic oxidation sites excluding steroid dienone is 1. The van der Waals surface area contributed by atoms with E-state index in [1.165, 1.54) is 0 Å². The Kier molecular flexibility index (Phi) is 3.95. The molecule has 5 heteroatoms. The Bertz CT molecular complexity index is 213. The molecular formula is C9H14F3NO. The number of rotatable bonds is 3. The molecule has 0 aromatic heterocycles. The van der Waals surface area contributed by atoms with Crippen LogP contribution in [0.2, 0.25) is 0 Å². The first-order chi connectivity index (χ1) is 6.51. The lowest BCUT2D eigenvalue weighted by molar-refractivity contribution is -0.321. The smallest absolute Gasteiger partial charge is 0.330 e. The second-order valence-electron chi connectivity index (χ2n) is 3.48. The van der Waals surface area contributed by atoms with E-state index in [1.54, 1.807) is 0 Å². The summed E-state index contributed by atoms with van der Waals surface area (Å²) in [6.45, 7) is 0.184. The van der Waals surface area contributed by atoms with E-state index in [0.717, 1.165) is 12.8 Å². The average Bonchev–Trinajstić information content (AvgIpc) is 2.14. The fraction of sp³-hybridized carbons (Fsp3) is 0.778. The van der Waals surface area contributed by atoms with Gasteiger partial charge >= 0.3 is 6.36 Å². The van der Waals surface area contributed by atoms with E-state index in [2.05, 4.69) is 4.74 Å². The molecule has 0 radical (unpaired) electrons. The molecule has 14 heavy (non-hydrogen) atoms. The summed E-state index contributed by atoms with van der Waals surface area (Å²) < 4.78 is 38.9. The third-order valence-corrected chi connectivity index (χ3v) is 2.31. The Morgan fingerprint density at radius 3 is 2.79 bits per heavy atom. The molecule has 2 nitrogen and oxygen atoms in total. The normalized spacial score (nSPS) is 23.4. The van der Waals surface area contributed by atoms with Crippen molar-refractivity contribution in [1.29, 1.82) is 0 Å². The van der Waals surface area contributed by atoms with Crippen molar-refractivity contribution in [3.05, 3.63) is 11.6 Å². The fourth-order valence-electron chi connectivity index (χ4n) is 1.57. The molecule has 0 amide bonds. The lowest BCUT2D eigenvalue weighted by atomic mass is 9.89. The third-order valence-electron chi connectivity index (χ3n) is 2.31. The molecule has 82 valence electrons. The first-order valence-corrected chi connectivity index (χ1v) is 4.60. The van der Waals surface area contributed by atoms with Crippen LogP contribution < -0.4 is 5.73 Å². The van der Waals surface area contributed by atoms with Crippen LogP contribution in [0.4, 0.5) is 13.2 Å². The van der Waals surface area contributed by atoms with E-state index in [9.17, 15) is 13.2 Å². The molecule has 0 aromatic carbocycles. The van der Waals surface area contributed by atoms with Gasteiger partial charge in [-0.05, 0) is 37.3 Å². The maximum absolute atomic E-state index is 11.7. The van der Waals surface area contributed by atoms with E-state index < -0.39 is 6.36 Å². The first-order valence-electron chi connectivity index (χ1n) is 4.60. The van der Waals surface area contributed by atoms with Crippen LogP contribution in [0.3, 0.4) is 0 Å². The standard InChI is InChI=1S/C9H14F3NO/c10-9(11,12)14-6-8-3-1-2-7(4-8)5-13/h3,7H,1-2,4-6,13H2/t7-/m0/s1. The van der Waals surface area contributed by atoms with Crippen LogP contribution in [-0.4, -0.2) is 19.5 Å². The summed E-state index contributed by atoms with van der Waals surface area (Å²) in [5.74, 6) is 0.312. The lowest BCUT2D eigenvalue weighted by Gasteiger charge is -2.21. The van der Waals surface area contributed by atoms with Crippen LogP contribution in [0, 0.1) is 5.92 Å². The number of halogens is 3. The monoisotopic (exact) mass is 209 g/mol. The zero-order chi connectivity index (χ0) is 10.6. The fourth-order valence-corrected chi connectivity index (χ4v) is 1.57. The summed E-state index contributed by atoms with van der Waals surface area (Å²) in [6.07, 6.45) is -0.314. The SMILES string of the molecule is NC[C@H]1CCC=C(COC(F)(F)F)C1. The highest BCUT2D eigenvalue weighted by atomic mass is 19.4. The van der Waals surface area contributed by atoms with E-state index in [1.807, 2.05) is 6.08 Å². The van der Waals surface area contributed by atoms with Gasteiger partial charge in [0.1, 0.15) is 0 Å². The van der Waals surface area contributed by atoms with Crippen LogP contribution in [0.25, 0.3) is 0 Å². The van der Waals surface area contributed by atoms with E-state index in [0.29, 0.717) is 24.5 Å². The first kappa shape index (κ1) is 11.5. The molecule has 0 fully saturated rings. The molecule has 0 aliphatic heterocycles. The zero-order valence-corrected chi connectivity index (χ0v) is 7.81. The van der Waals surface area contributed by atoms with Crippen LogP contribution in [-0.2, 0) is 4.74 Å². The molecule has 0 saturated heterocycles. The van der Waals surface area contributed by atoms with Gasteiger partial charge in [-0.2, -0.15) is 0 Å². The molecule has 0 unspecified atom stereocenters. The van der Waals surface area contributed by atoms with Gasteiger partial charge in [0, 0.05) is 0 Å². The second kappa shape index (κ2) is 4.79. The van der Waals surface area contributed by atoms with Gasteiger partial charge in [0.25, 0.3) is 0 Å². The van der Waals surface area contributed by atoms with Gasteiger partial charge in [-0.25, -0.2) is 0 Å². The summed E-state index contributed by atoms with van der Waals surface area (Å²) in [7, 11) is 0. The van der Waals surface area contributed by atoms with Gasteiger partial charge in [0.2, 0.25) is 0 Å². The highest BCUT2D eigenvalue weighted by molar-refractivity contribution is 5.07. The molecule has 1 rings (SSSR count). The molecular weight excluding hydrogens is 195 g/mol. The van der Waals surface area contributed by atoms with Crippen molar-refractivity contribution in [1.82, 2.24) is 0 Å². The Morgan fingerprint density at radius 2 is 2.21 bits per heavy atom. The minimum Gasteiger partial charge on any atom is -0.330 e. The van der Waals surface area contributed by atoms with Gasteiger partial charge in [-0.15, -0.1) is 13.2 Å². The molecule has 0 aromatic rings. The van der Waals surface area contributed by atoms with Crippen molar-refractivity contribution in [2.75, 3.05) is 13.2 Å². The van der Waals surface area contributed by atoms with Gasteiger partial charge in [0.05, 0.1) is 6.61 Å². The van der Waals surface area contributed by atoms with Gasteiger partial charge in [-0.1, -0.05) is 6.08 Å². The summed E-state index contributed by atoms with van der Waals surface area (Å²) in [6, 6.07) is 0. The number of nitrogens with two attached hydrogens (primary N) is 1. The van der Waals surface area contributed by atoms with E-state index in [-0.39, 0.29) is 6.61 Å². The molecule has 0 spiro atoms. The quantitative estimate of drug-likeness (QED) is 0.723. The topological polar surface area (TPSA) is 35.2 Å². The van der Waals surface area contributed by atoms with Gasteiger partial charge in [0.15, 0.2) is 0 Å². The molecule has 0 bridgehead atoms. The third kappa shape index (κ3) is 4.11. The zero-order valence-electron chi connectivity index (χ0n) is 7.81. The van der Waals surface area contributed by atoms with Crippen LogP contribution in [0.1, 0.15) is 19.3 Å². The molecule has 1 atom stereocenters. The van der Waals surface area contributed by atoms with Gasteiger partial charge < -0.3 is 5.73 Å². The maximum atomic E-state index is 11.7. The number of alkyl halides is 3. The Labute approximate surface area is 80.9 Å². The Hall–Kier alpha value is -0.550. The molecule has 0 heterocycles. The minimum absolute atomic E-state index is 0.312. The predicted molar refractivity (Wildman–Crippen MR) is 46.5 cm³/mol. The van der Waals surface area contributed by atoms with Crippen LogP contribution in [0.5, 0.6) is 0 Å². The van der Waals surface area contributed by atoms with Crippen LogP contribution in [0.15, 0.2) is 11.6 Å². The molecule has 1 aliphatic rings. The van der Waals surface area contributed by atoms with Crippen molar-refractivity contribution in [3.63, 3.8) is 0 Å². The molecule has 0 saturated carbocycles. The van der Waals surface area contributed by atoms with Crippen molar-refractivity contribution in [2.45, 2.75) is 25.6 Å². The number of hydrogen-bond acceptors (Lipinski definition) is 2. The van der Waals surface area contributed by atoms with Crippen molar-refractivity contribution in [2.24, 2.45) is 11.7 Å². The van der Waals surface area contributed by atoms with Crippen molar-refractivity contribution < 1.29 is 17.9 Å². The van der Waals surface area contributed by atoms with Crippen molar-refractivity contribution in [3.8, 4) is 0 Å². The predicted octanol–water partition coefficient (Wildman–Crippen LogP) is 2.21. The number of ether oxygens (including phenoxy) is 1. The second-order valence-corrected chi connectivity index (χ2v) is 3.48. The molecule has 1 aliphatic carbocycles. The molecule has 2 N–H and O–H groups in total. The van der Waals surface area contributed by atoms with Gasteiger partial charge in [-0.3, -0.25) is 4.74 Å². The van der Waals surface area contributed by atoms with E-state index in [4.69, 9.17) is 5.73 Å². The highest BCUT2D eigenvalue weighted by Crippen LogP contribution is 2.25. The summed E-state index contributed by atoms with van der Waals surface area (Å²) >= 11 is 0. The largest absolute Gasteiger partial charge is 0.522 e. The lowest BCUT2D eigenvalue weighted by Crippen LogP contribution is -2.21. The maximum Gasteiger partial charge on any atom is 0.522 e. The van der Waals surface area contributed by atoms with Crippen molar-refractivity contribution >= 4 is 0 Å². The minimum atomic E-state index is -4.53. The number of hydrogen-bond donors (Lipinski definition) is 1. The Morgan fingerprint density at radius 1 is 1.50 bits per heavy atom. The summed E-state index contributed by atoms with van der Waals surface area (Å²) in [4.78, 5) is 0. The Balaban J connectivity index is 2.34. The summed E-state index contributed by atoms with van der Waals surface area (Å²) in [5.41, 5.74) is 6.17. The summed E-state index contributed by atoms with van der Waals surface area (Å²) in [5, 5.41) is 0. The van der Waals surface area contributed by atoms with E-state index >= 15 is 0 Å². The highest BCUT2D eigenvalue weighted by Gasteiger charge is 2.29. The average molecular weight is 209 g/mol.